The van der Waals surface area contributed by atoms with Crippen molar-refractivity contribution in [3.63, 3.8) is 0 Å². The molecular formula is C16H14F4N2O. The molecule has 122 valence electrons. The van der Waals surface area contributed by atoms with Crippen molar-refractivity contribution >= 4 is 11.6 Å². The minimum Gasteiger partial charge on any atom is -0.376 e. The molecule has 7 heteroatoms. The number of alkyl halides is 3. The van der Waals surface area contributed by atoms with Crippen molar-refractivity contribution in [1.29, 1.82) is 0 Å². The van der Waals surface area contributed by atoms with Crippen molar-refractivity contribution in [1.82, 2.24) is 5.32 Å². The molecule has 0 atom stereocenters. The van der Waals surface area contributed by atoms with Crippen LogP contribution in [0.2, 0.25) is 0 Å². The number of halogens is 4. The van der Waals surface area contributed by atoms with Crippen LogP contribution in [0, 0.1) is 5.82 Å². The topological polar surface area (TPSA) is 41.1 Å². The fourth-order valence-electron chi connectivity index (χ4n) is 1.96. The van der Waals surface area contributed by atoms with E-state index in [1.807, 2.05) is 0 Å². The highest BCUT2D eigenvalue weighted by Gasteiger charge is 2.33. The summed E-state index contributed by atoms with van der Waals surface area (Å²) in [4.78, 5) is 11.7. The Morgan fingerprint density at radius 3 is 2.35 bits per heavy atom. The van der Waals surface area contributed by atoms with Gasteiger partial charge < -0.3 is 10.6 Å². The third-order valence-electron chi connectivity index (χ3n) is 3.11. The van der Waals surface area contributed by atoms with Crippen LogP contribution in [0.25, 0.3) is 0 Å². The highest BCUT2D eigenvalue weighted by atomic mass is 19.4. The summed E-state index contributed by atoms with van der Waals surface area (Å²) in [5.74, 6) is -0.992. The Morgan fingerprint density at radius 1 is 1.00 bits per heavy atom. The van der Waals surface area contributed by atoms with Gasteiger partial charge in [-0.15, -0.1) is 0 Å². The number of amides is 1. The van der Waals surface area contributed by atoms with E-state index in [0.29, 0.717) is 5.56 Å². The van der Waals surface area contributed by atoms with E-state index >= 15 is 0 Å². The van der Waals surface area contributed by atoms with Gasteiger partial charge in [-0.1, -0.05) is 30.3 Å². The number of hydrogen-bond acceptors (Lipinski definition) is 2. The molecule has 0 aromatic heterocycles. The van der Waals surface area contributed by atoms with Crippen molar-refractivity contribution in [3.8, 4) is 0 Å². The van der Waals surface area contributed by atoms with E-state index in [1.54, 1.807) is 6.07 Å². The van der Waals surface area contributed by atoms with Gasteiger partial charge in [-0.2, -0.15) is 13.2 Å². The van der Waals surface area contributed by atoms with Gasteiger partial charge in [-0.3, -0.25) is 4.79 Å². The van der Waals surface area contributed by atoms with Gasteiger partial charge in [0.15, 0.2) is 0 Å². The zero-order valence-electron chi connectivity index (χ0n) is 12.0. The van der Waals surface area contributed by atoms with E-state index in [0.717, 1.165) is 6.07 Å². The average Bonchev–Trinajstić information content (AvgIpc) is 2.51. The Kier molecular flexibility index (Phi) is 5.20. The van der Waals surface area contributed by atoms with Crippen LogP contribution in [0.15, 0.2) is 48.5 Å². The predicted molar refractivity (Wildman–Crippen MR) is 78.2 cm³/mol. The Balaban J connectivity index is 1.92. The Bertz CT molecular complexity index is 686. The summed E-state index contributed by atoms with van der Waals surface area (Å²) in [6, 6.07) is 10.8. The summed E-state index contributed by atoms with van der Waals surface area (Å²) in [7, 11) is 0. The summed E-state index contributed by atoms with van der Waals surface area (Å²) in [5, 5.41) is 4.89. The summed E-state index contributed by atoms with van der Waals surface area (Å²) >= 11 is 0. The van der Waals surface area contributed by atoms with Gasteiger partial charge in [-0.05, 0) is 18.2 Å². The number of hydrogen-bond donors (Lipinski definition) is 2. The lowest BCUT2D eigenvalue weighted by Crippen LogP contribution is -2.30. The van der Waals surface area contributed by atoms with E-state index < -0.39 is 23.5 Å². The largest absolute Gasteiger partial charge is 0.418 e. The van der Waals surface area contributed by atoms with Crippen LogP contribution >= 0.6 is 0 Å². The molecule has 23 heavy (non-hydrogen) atoms. The zero-order chi connectivity index (χ0) is 16.9. The smallest absolute Gasteiger partial charge is 0.376 e. The maximum Gasteiger partial charge on any atom is 0.418 e. The fraction of sp³-hybridized carbons (Fsp3) is 0.188. The van der Waals surface area contributed by atoms with Crippen LogP contribution in [0.4, 0.5) is 23.2 Å². The molecule has 0 saturated heterocycles. The normalized spacial score (nSPS) is 11.1. The first-order chi connectivity index (χ1) is 10.9. The van der Waals surface area contributed by atoms with Gasteiger partial charge in [0, 0.05) is 17.8 Å². The minimum absolute atomic E-state index is 0.0336. The SMILES string of the molecule is O=C(CNc1ccccc1C(F)(F)F)NCc1ccccc1F. The maximum absolute atomic E-state index is 13.4. The Hall–Kier alpha value is -2.57. The molecule has 2 aromatic carbocycles. The first kappa shape index (κ1) is 16.8. The van der Waals surface area contributed by atoms with Crippen molar-refractivity contribution in [3.05, 3.63) is 65.5 Å². The van der Waals surface area contributed by atoms with E-state index in [9.17, 15) is 22.4 Å². The molecule has 0 spiro atoms. The monoisotopic (exact) mass is 326 g/mol. The molecule has 0 unspecified atom stereocenters. The number of carbonyl (C=O) groups excluding carboxylic acids is 1. The molecule has 0 aliphatic carbocycles. The summed E-state index contributed by atoms with van der Waals surface area (Å²) in [6.07, 6.45) is -4.51. The summed E-state index contributed by atoms with van der Waals surface area (Å²) in [6.45, 7) is -0.379. The predicted octanol–water partition coefficient (Wildman–Crippen LogP) is 3.57. The standard InChI is InChI=1S/C16H14F4N2O/c17-13-7-3-1-5-11(13)9-22-15(23)10-21-14-8-4-2-6-12(14)16(18,19)20/h1-8,21H,9-10H2,(H,22,23). The number of benzene rings is 2. The lowest BCUT2D eigenvalue weighted by Gasteiger charge is -2.14. The molecular weight excluding hydrogens is 312 g/mol. The molecule has 0 heterocycles. The third-order valence-corrected chi connectivity index (χ3v) is 3.11. The molecule has 0 fully saturated rings. The maximum atomic E-state index is 13.4. The number of nitrogens with one attached hydrogen (secondary N) is 2. The summed E-state index contributed by atoms with van der Waals surface area (Å²) < 4.78 is 51.8. The van der Waals surface area contributed by atoms with Crippen LogP contribution in [-0.2, 0) is 17.5 Å². The molecule has 0 radical (unpaired) electrons. The van der Waals surface area contributed by atoms with Crippen LogP contribution < -0.4 is 10.6 Å². The van der Waals surface area contributed by atoms with Gasteiger partial charge in [-0.25, -0.2) is 4.39 Å². The third kappa shape index (κ3) is 4.70. The highest BCUT2D eigenvalue weighted by Crippen LogP contribution is 2.34. The van der Waals surface area contributed by atoms with Crippen LogP contribution in [0.1, 0.15) is 11.1 Å². The van der Waals surface area contributed by atoms with Crippen molar-refractivity contribution in [2.24, 2.45) is 0 Å². The van der Waals surface area contributed by atoms with Crippen LogP contribution in [-0.4, -0.2) is 12.5 Å². The number of para-hydroxylation sites is 1. The molecule has 3 nitrogen and oxygen atoms in total. The first-order valence-electron chi connectivity index (χ1n) is 6.78. The first-order valence-corrected chi connectivity index (χ1v) is 6.78. The van der Waals surface area contributed by atoms with Gasteiger partial charge in [0.05, 0.1) is 12.1 Å². The number of anilines is 1. The minimum atomic E-state index is -4.51. The van der Waals surface area contributed by atoms with E-state index in [4.69, 9.17) is 0 Å². The second-order valence-corrected chi connectivity index (χ2v) is 4.77. The molecule has 1 amide bonds. The van der Waals surface area contributed by atoms with Crippen LogP contribution in [0.3, 0.4) is 0 Å². The molecule has 2 aromatic rings. The van der Waals surface area contributed by atoms with E-state index in [2.05, 4.69) is 10.6 Å². The quantitative estimate of drug-likeness (QED) is 0.825. The van der Waals surface area contributed by atoms with Gasteiger partial charge >= 0.3 is 6.18 Å². The number of rotatable bonds is 5. The zero-order valence-corrected chi connectivity index (χ0v) is 12.0. The van der Waals surface area contributed by atoms with Gasteiger partial charge in [0.25, 0.3) is 0 Å². The lowest BCUT2D eigenvalue weighted by molar-refractivity contribution is -0.137. The number of carbonyl (C=O) groups is 1. The molecule has 0 aliphatic heterocycles. The average molecular weight is 326 g/mol. The molecule has 2 rings (SSSR count). The lowest BCUT2D eigenvalue weighted by atomic mass is 10.1. The Labute approximate surface area is 130 Å². The van der Waals surface area contributed by atoms with Crippen LogP contribution in [0.5, 0.6) is 0 Å². The molecule has 2 N–H and O–H groups in total. The highest BCUT2D eigenvalue weighted by molar-refractivity contribution is 5.81. The molecule has 0 aliphatic rings. The second kappa shape index (κ2) is 7.13. The van der Waals surface area contributed by atoms with Gasteiger partial charge in [0.1, 0.15) is 5.82 Å². The van der Waals surface area contributed by atoms with Crippen molar-refractivity contribution in [2.75, 3.05) is 11.9 Å². The molecule has 0 bridgehead atoms. The van der Waals surface area contributed by atoms with Gasteiger partial charge in [0.2, 0.25) is 5.91 Å². The van der Waals surface area contributed by atoms with E-state index in [1.165, 1.54) is 36.4 Å². The van der Waals surface area contributed by atoms with Crippen molar-refractivity contribution < 1.29 is 22.4 Å². The second-order valence-electron chi connectivity index (χ2n) is 4.77. The van der Waals surface area contributed by atoms with E-state index in [-0.39, 0.29) is 18.8 Å². The fourth-order valence-corrected chi connectivity index (χ4v) is 1.96. The summed E-state index contributed by atoms with van der Waals surface area (Å²) in [5.41, 5.74) is -0.723. The van der Waals surface area contributed by atoms with Crippen molar-refractivity contribution in [2.45, 2.75) is 12.7 Å². The molecule has 0 saturated carbocycles. The Morgan fingerprint density at radius 2 is 1.65 bits per heavy atom.